The Hall–Kier alpha value is -0.0900. The molecule has 1 N–H and O–H groups in total. The van der Waals surface area contributed by atoms with Gasteiger partial charge in [0.1, 0.15) is 0 Å². The van der Waals surface area contributed by atoms with Crippen molar-refractivity contribution in [3.63, 3.8) is 0 Å². The predicted molar refractivity (Wildman–Crippen MR) is 85.7 cm³/mol. The molecule has 1 aromatic rings. The zero-order chi connectivity index (χ0) is 13.8. The van der Waals surface area contributed by atoms with Gasteiger partial charge in [-0.2, -0.15) is 0 Å². The third kappa shape index (κ3) is 3.94. The van der Waals surface area contributed by atoms with Gasteiger partial charge in [-0.25, -0.2) is 0 Å². The van der Waals surface area contributed by atoms with Crippen LogP contribution in [0.5, 0.6) is 0 Å². The summed E-state index contributed by atoms with van der Waals surface area (Å²) in [5, 5.41) is 4.48. The molecular weight excluding hydrogens is 324 g/mol. The summed E-state index contributed by atoms with van der Waals surface area (Å²) in [5.74, 6) is 0. The zero-order valence-corrected chi connectivity index (χ0v) is 14.0. The number of nitrogens with one attached hydrogen (secondary N) is 1. The van der Waals surface area contributed by atoms with Gasteiger partial charge in [0, 0.05) is 41.2 Å². The fourth-order valence-corrected chi connectivity index (χ4v) is 3.40. The summed E-state index contributed by atoms with van der Waals surface area (Å²) >= 11 is 9.80. The van der Waals surface area contributed by atoms with E-state index < -0.39 is 0 Å². The van der Waals surface area contributed by atoms with Gasteiger partial charge in [0.25, 0.3) is 0 Å². The van der Waals surface area contributed by atoms with Crippen molar-refractivity contribution >= 4 is 27.5 Å². The van der Waals surface area contributed by atoms with Gasteiger partial charge in [0.05, 0.1) is 0 Å². The van der Waals surface area contributed by atoms with E-state index in [1.54, 1.807) is 0 Å². The molecule has 0 radical (unpaired) electrons. The van der Waals surface area contributed by atoms with E-state index in [1.807, 2.05) is 6.07 Å². The lowest BCUT2D eigenvalue weighted by Crippen LogP contribution is -2.55. The molecule has 1 fully saturated rings. The van der Waals surface area contributed by atoms with Crippen LogP contribution in [0.15, 0.2) is 22.7 Å². The summed E-state index contributed by atoms with van der Waals surface area (Å²) in [6.45, 7) is 7.65. The highest BCUT2D eigenvalue weighted by Crippen LogP contribution is 2.24. The van der Waals surface area contributed by atoms with Gasteiger partial charge in [0.15, 0.2) is 0 Å². The Kier molecular flexibility index (Phi) is 5.70. The molecule has 1 saturated heterocycles. The average molecular weight is 346 g/mol. The third-order valence-electron chi connectivity index (χ3n) is 3.97. The van der Waals surface area contributed by atoms with E-state index in [4.69, 9.17) is 11.6 Å². The normalized spacial score (nSPS) is 24.6. The summed E-state index contributed by atoms with van der Waals surface area (Å²) in [6, 6.07) is 7.40. The standard InChI is InChI=1S/C15H22BrClN2/c1-3-13-10-19(14(4-2)8-18-13)9-11-5-6-12(16)7-15(11)17/h5-7,13-14,18H,3-4,8-10H2,1-2H3. The quantitative estimate of drug-likeness (QED) is 0.885. The first-order valence-corrected chi connectivity index (χ1v) is 8.22. The molecule has 1 aliphatic heterocycles. The zero-order valence-electron chi connectivity index (χ0n) is 11.6. The Labute approximate surface area is 129 Å². The van der Waals surface area contributed by atoms with Crippen molar-refractivity contribution in [3.8, 4) is 0 Å². The molecule has 0 spiro atoms. The Morgan fingerprint density at radius 1 is 1.37 bits per heavy atom. The maximum atomic E-state index is 6.34. The second-order valence-corrected chi connectivity index (χ2v) is 6.56. The lowest BCUT2D eigenvalue weighted by molar-refractivity contribution is 0.117. The smallest absolute Gasteiger partial charge is 0.0462 e. The minimum absolute atomic E-state index is 0.608. The van der Waals surface area contributed by atoms with E-state index in [1.165, 1.54) is 18.4 Å². The topological polar surface area (TPSA) is 15.3 Å². The second-order valence-electron chi connectivity index (χ2n) is 5.24. The molecule has 1 heterocycles. The molecule has 0 aromatic heterocycles. The number of halogens is 2. The van der Waals surface area contributed by atoms with Crippen LogP contribution in [0.3, 0.4) is 0 Å². The molecule has 4 heteroatoms. The van der Waals surface area contributed by atoms with Crippen molar-refractivity contribution in [3.05, 3.63) is 33.3 Å². The highest BCUT2D eigenvalue weighted by Gasteiger charge is 2.26. The van der Waals surface area contributed by atoms with Crippen molar-refractivity contribution in [1.29, 1.82) is 0 Å². The van der Waals surface area contributed by atoms with Crippen LogP contribution in [0.2, 0.25) is 5.02 Å². The first-order valence-electron chi connectivity index (χ1n) is 7.05. The third-order valence-corrected chi connectivity index (χ3v) is 4.81. The van der Waals surface area contributed by atoms with Crippen LogP contribution >= 0.6 is 27.5 Å². The summed E-state index contributed by atoms with van der Waals surface area (Å²) in [5.41, 5.74) is 1.22. The number of hydrogen-bond acceptors (Lipinski definition) is 2. The molecule has 1 aromatic carbocycles. The fraction of sp³-hybridized carbons (Fsp3) is 0.600. The van der Waals surface area contributed by atoms with Gasteiger partial charge in [-0.15, -0.1) is 0 Å². The van der Waals surface area contributed by atoms with Crippen molar-refractivity contribution < 1.29 is 0 Å². The lowest BCUT2D eigenvalue weighted by Gasteiger charge is -2.40. The Bertz CT molecular complexity index is 425. The Morgan fingerprint density at radius 3 is 2.79 bits per heavy atom. The van der Waals surface area contributed by atoms with Crippen LogP contribution in [-0.4, -0.2) is 30.1 Å². The van der Waals surface area contributed by atoms with Gasteiger partial charge >= 0.3 is 0 Å². The number of hydrogen-bond donors (Lipinski definition) is 1. The largest absolute Gasteiger partial charge is 0.311 e. The predicted octanol–water partition coefficient (Wildman–Crippen LogP) is 4.06. The molecule has 1 aliphatic rings. The van der Waals surface area contributed by atoms with E-state index >= 15 is 0 Å². The lowest BCUT2D eigenvalue weighted by atomic mass is 10.0. The van der Waals surface area contributed by atoms with Crippen LogP contribution < -0.4 is 5.32 Å². The molecule has 2 atom stereocenters. The maximum absolute atomic E-state index is 6.34. The average Bonchev–Trinajstić information content (AvgIpc) is 2.41. The minimum atomic E-state index is 0.608. The van der Waals surface area contributed by atoms with Gasteiger partial charge in [0.2, 0.25) is 0 Å². The van der Waals surface area contributed by atoms with Gasteiger partial charge in [-0.3, -0.25) is 4.90 Å². The molecular formula is C15H22BrClN2. The SMILES string of the molecule is CCC1CN(Cc2ccc(Br)cc2Cl)C(CC)CN1. The number of piperazine rings is 1. The summed E-state index contributed by atoms with van der Waals surface area (Å²) in [4.78, 5) is 2.57. The molecule has 0 bridgehead atoms. The second kappa shape index (κ2) is 7.07. The first-order chi connectivity index (χ1) is 9.13. The number of nitrogens with zero attached hydrogens (tertiary/aromatic N) is 1. The summed E-state index contributed by atoms with van der Waals surface area (Å²) < 4.78 is 1.04. The van der Waals surface area contributed by atoms with Crippen LogP contribution in [0.1, 0.15) is 32.3 Å². The maximum Gasteiger partial charge on any atom is 0.0462 e. The summed E-state index contributed by atoms with van der Waals surface area (Å²) in [7, 11) is 0. The van der Waals surface area contributed by atoms with E-state index in [0.29, 0.717) is 12.1 Å². The molecule has 0 saturated carbocycles. The van der Waals surface area contributed by atoms with Crippen LogP contribution in [-0.2, 0) is 6.54 Å². The first kappa shape index (κ1) is 15.3. The molecule has 0 aliphatic carbocycles. The van der Waals surface area contributed by atoms with Crippen molar-refractivity contribution in [2.24, 2.45) is 0 Å². The van der Waals surface area contributed by atoms with Crippen LogP contribution in [0.4, 0.5) is 0 Å². The fourth-order valence-electron chi connectivity index (χ4n) is 2.67. The monoisotopic (exact) mass is 344 g/mol. The minimum Gasteiger partial charge on any atom is -0.311 e. The highest BCUT2D eigenvalue weighted by molar-refractivity contribution is 9.10. The molecule has 19 heavy (non-hydrogen) atoms. The number of benzene rings is 1. The molecule has 0 amide bonds. The van der Waals surface area contributed by atoms with E-state index in [-0.39, 0.29) is 0 Å². The van der Waals surface area contributed by atoms with Crippen LogP contribution in [0.25, 0.3) is 0 Å². The molecule has 2 rings (SSSR count). The van der Waals surface area contributed by atoms with Gasteiger partial charge in [-0.1, -0.05) is 47.4 Å². The van der Waals surface area contributed by atoms with Crippen molar-refractivity contribution in [1.82, 2.24) is 10.2 Å². The Morgan fingerprint density at radius 2 is 2.16 bits per heavy atom. The Balaban J connectivity index is 2.09. The van der Waals surface area contributed by atoms with Crippen LogP contribution in [0, 0.1) is 0 Å². The molecule has 2 nitrogen and oxygen atoms in total. The molecule has 106 valence electrons. The van der Waals surface area contributed by atoms with E-state index in [2.05, 4.69) is 52.1 Å². The van der Waals surface area contributed by atoms with E-state index in [9.17, 15) is 0 Å². The van der Waals surface area contributed by atoms with Gasteiger partial charge < -0.3 is 5.32 Å². The van der Waals surface area contributed by atoms with Gasteiger partial charge in [-0.05, 0) is 30.5 Å². The summed E-state index contributed by atoms with van der Waals surface area (Å²) in [6.07, 6.45) is 2.36. The van der Waals surface area contributed by atoms with Crippen molar-refractivity contribution in [2.45, 2.75) is 45.3 Å². The number of rotatable bonds is 4. The van der Waals surface area contributed by atoms with E-state index in [0.717, 1.165) is 29.1 Å². The van der Waals surface area contributed by atoms with Crippen molar-refractivity contribution in [2.75, 3.05) is 13.1 Å². The highest BCUT2D eigenvalue weighted by atomic mass is 79.9. The molecule has 2 unspecified atom stereocenters.